The molecule has 3 aliphatic rings. The molecule has 26 heavy (non-hydrogen) atoms. The lowest BCUT2D eigenvalue weighted by molar-refractivity contribution is -0.144. The third-order valence-electron chi connectivity index (χ3n) is 6.12. The number of aromatic nitrogens is 2. The third kappa shape index (κ3) is 4.00. The molecular weight excluding hydrogens is 328 g/mol. The maximum atomic E-state index is 13.1. The zero-order valence-electron chi connectivity index (χ0n) is 15.7. The summed E-state index contributed by atoms with van der Waals surface area (Å²) in [6.07, 6.45) is 7.32. The minimum Gasteiger partial charge on any atom is -0.381 e. The fourth-order valence-corrected chi connectivity index (χ4v) is 4.04. The van der Waals surface area contributed by atoms with Gasteiger partial charge >= 0.3 is 0 Å². The fraction of sp³-hybridized carbons (Fsp3) is 0.750. The third-order valence-corrected chi connectivity index (χ3v) is 6.12. The van der Waals surface area contributed by atoms with Gasteiger partial charge in [0.05, 0.1) is 5.92 Å². The number of likely N-dealkylation sites (tertiary alicyclic amines) is 1. The lowest BCUT2D eigenvalue weighted by Gasteiger charge is -2.42. The van der Waals surface area contributed by atoms with Crippen LogP contribution in [0.15, 0.2) is 12.3 Å². The van der Waals surface area contributed by atoms with Gasteiger partial charge in [0.25, 0.3) is 0 Å². The van der Waals surface area contributed by atoms with Gasteiger partial charge in [0.15, 0.2) is 0 Å². The van der Waals surface area contributed by atoms with Gasteiger partial charge in [0.2, 0.25) is 5.91 Å². The van der Waals surface area contributed by atoms with E-state index in [2.05, 4.69) is 22.2 Å². The van der Waals surface area contributed by atoms with Crippen LogP contribution in [0.2, 0.25) is 0 Å². The summed E-state index contributed by atoms with van der Waals surface area (Å²) >= 11 is 0. The van der Waals surface area contributed by atoms with Crippen LogP contribution in [0.5, 0.6) is 0 Å². The van der Waals surface area contributed by atoms with Gasteiger partial charge in [-0.15, -0.1) is 0 Å². The molecule has 2 saturated heterocycles. The predicted octanol–water partition coefficient (Wildman–Crippen LogP) is 2.68. The standard InChI is InChI=1S/C20H30N4O2/c1-2-14-12-24(13-14)20(25)17(15-6-9-26-10-7-15)11-22-18-5-8-21-19(23-18)16-3-4-16/h5,8,14-17H,2-4,6-7,9-13H2,1H3,(H,21,22,23). The van der Waals surface area contributed by atoms with E-state index in [9.17, 15) is 4.79 Å². The van der Waals surface area contributed by atoms with Crippen LogP contribution in [0.4, 0.5) is 5.82 Å². The normalized spacial score (nSPS) is 22.7. The maximum absolute atomic E-state index is 13.1. The smallest absolute Gasteiger partial charge is 0.227 e. The highest BCUT2D eigenvalue weighted by molar-refractivity contribution is 5.80. The van der Waals surface area contributed by atoms with E-state index in [1.54, 1.807) is 0 Å². The molecule has 0 spiro atoms. The summed E-state index contributed by atoms with van der Waals surface area (Å²) < 4.78 is 5.51. The summed E-state index contributed by atoms with van der Waals surface area (Å²) in [6.45, 7) is 6.24. The van der Waals surface area contributed by atoms with E-state index >= 15 is 0 Å². The van der Waals surface area contributed by atoms with E-state index in [1.807, 2.05) is 17.2 Å². The zero-order chi connectivity index (χ0) is 17.9. The maximum Gasteiger partial charge on any atom is 0.227 e. The van der Waals surface area contributed by atoms with Crippen LogP contribution in [0, 0.1) is 17.8 Å². The summed E-state index contributed by atoms with van der Waals surface area (Å²) in [5, 5.41) is 3.43. The van der Waals surface area contributed by atoms with Gasteiger partial charge in [-0.1, -0.05) is 6.92 Å². The first-order valence-corrected chi connectivity index (χ1v) is 10.2. The molecule has 1 atom stereocenters. The van der Waals surface area contributed by atoms with Crippen molar-refractivity contribution in [3.8, 4) is 0 Å². The Bertz CT molecular complexity index is 622. The van der Waals surface area contributed by atoms with Crippen LogP contribution in [0.3, 0.4) is 0 Å². The van der Waals surface area contributed by atoms with Crippen LogP contribution in [0.1, 0.15) is 50.8 Å². The molecular formula is C20H30N4O2. The Kier molecular flexibility index (Phi) is 5.38. The number of nitrogens with one attached hydrogen (secondary N) is 1. The number of amides is 1. The Balaban J connectivity index is 1.40. The lowest BCUT2D eigenvalue weighted by atomic mass is 9.83. The molecule has 1 unspecified atom stereocenters. The van der Waals surface area contributed by atoms with Gasteiger partial charge in [-0.05, 0) is 50.0 Å². The lowest BCUT2D eigenvalue weighted by Crippen LogP contribution is -2.54. The van der Waals surface area contributed by atoms with E-state index in [1.165, 1.54) is 12.8 Å². The molecule has 1 amide bonds. The summed E-state index contributed by atoms with van der Waals surface area (Å²) in [7, 11) is 0. The number of carbonyl (C=O) groups excluding carboxylic acids is 1. The molecule has 1 aromatic heterocycles. The number of carbonyl (C=O) groups is 1. The minimum atomic E-state index is 0.0102. The highest BCUT2D eigenvalue weighted by Gasteiger charge is 2.37. The first-order chi connectivity index (χ1) is 12.7. The Hall–Kier alpha value is -1.69. The number of ether oxygens (including phenoxy) is 1. The second kappa shape index (κ2) is 7.91. The van der Waals surface area contributed by atoms with Gasteiger partial charge in [-0.25, -0.2) is 9.97 Å². The van der Waals surface area contributed by atoms with Crippen molar-refractivity contribution in [2.75, 3.05) is 38.2 Å². The van der Waals surface area contributed by atoms with Gasteiger partial charge in [0.1, 0.15) is 11.6 Å². The molecule has 0 radical (unpaired) electrons. The van der Waals surface area contributed by atoms with Crippen molar-refractivity contribution < 1.29 is 9.53 Å². The van der Waals surface area contributed by atoms with Gasteiger partial charge in [-0.3, -0.25) is 4.79 Å². The molecule has 1 aliphatic carbocycles. The Morgan fingerprint density at radius 2 is 2.08 bits per heavy atom. The molecule has 1 aromatic rings. The first-order valence-electron chi connectivity index (χ1n) is 10.2. The molecule has 2 aliphatic heterocycles. The van der Waals surface area contributed by atoms with Crippen LogP contribution in [-0.2, 0) is 9.53 Å². The molecule has 6 heteroatoms. The van der Waals surface area contributed by atoms with Crippen LogP contribution in [-0.4, -0.2) is 53.6 Å². The van der Waals surface area contributed by atoms with Crippen LogP contribution < -0.4 is 5.32 Å². The van der Waals surface area contributed by atoms with Crippen molar-refractivity contribution in [3.05, 3.63) is 18.1 Å². The second-order valence-electron chi connectivity index (χ2n) is 8.03. The fourth-order valence-electron chi connectivity index (χ4n) is 4.04. The summed E-state index contributed by atoms with van der Waals surface area (Å²) in [5.74, 6) is 3.73. The van der Waals surface area contributed by atoms with Crippen molar-refractivity contribution in [1.29, 1.82) is 0 Å². The molecule has 3 heterocycles. The molecule has 1 saturated carbocycles. The van der Waals surface area contributed by atoms with E-state index in [-0.39, 0.29) is 5.92 Å². The van der Waals surface area contributed by atoms with Gasteiger partial charge in [0, 0.05) is 45.0 Å². The Morgan fingerprint density at radius 3 is 2.77 bits per heavy atom. The molecule has 0 bridgehead atoms. The van der Waals surface area contributed by atoms with E-state index in [4.69, 9.17) is 4.74 Å². The second-order valence-corrected chi connectivity index (χ2v) is 8.03. The molecule has 1 N–H and O–H groups in total. The Labute approximate surface area is 155 Å². The molecule has 4 rings (SSSR count). The highest BCUT2D eigenvalue weighted by Crippen LogP contribution is 2.38. The molecule has 3 fully saturated rings. The topological polar surface area (TPSA) is 67.4 Å². The van der Waals surface area contributed by atoms with Crippen molar-refractivity contribution in [2.45, 2.75) is 44.9 Å². The average molecular weight is 358 g/mol. The highest BCUT2D eigenvalue weighted by atomic mass is 16.5. The van der Waals surface area contributed by atoms with E-state index in [0.29, 0.717) is 30.2 Å². The van der Waals surface area contributed by atoms with Crippen molar-refractivity contribution >= 4 is 11.7 Å². The number of hydrogen-bond donors (Lipinski definition) is 1. The van der Waals surface area contributed by atoms with Crippen LogP contribution in [0.25, 0.3) is 0 Å². The first kappa shape index (κ1) is 17.7. The van der Waals surface area contributed by atoms with Crippen molar-refractivity contribution in [3.63, 3.8) is 0 Å². The number of rotatable bonds is 7. The zero-order valence-corrected chi connectivity index (χ0v) is 15.7. The quantitative estimate of drug-likeness (QED) is 0.812. The minimum absolute atomic E-state index is 0.0102. The largest absolute Gasteiger partial charge is 0.381 e. The monoisotopic (exact) mass is 358 g/mol. The van der Waals surface area contributed by atoms with Gasteiger partial charge in [-0.2, -0.15) is 0 Å². The summed E-state index contributed by atoms with van der Waals surface area (Å²) in [4.78, 5) is 24.2. The SMILES string of the molecule is CCC1CN(C(=O)C(CNc2ccnc(C3CC3)n2)C2CCOCC2)C1. The summed E-state index contributed by atoms with van der Waals surface area (Å²) in [6, 6.07) is 1.91. The summed E-state index contributed by atoms with van der Waals surface area (Å²) in [5.41, 5.74) is 0. The predicted molar refractivity (Wildman–Crippen MR) is 99.9 cm³/mol. The van der Waals surface area contributed by atoms with Crippen LogP contribution >= 0.6 is 0 Å². The van der Waals surface area contributed by atoms with Crippen molar-refractivity contribution in [1.82, 2.24) is 14.9 Å². The van der Waals surface area contributed by atoms with Gasteiger partial charge < -0.3 is 15.0 Å². The molecule has 0 aromatic carbocycles. The number of anilines is 1. The number of hydrogen-bond acceptors (Lipinski definition) is 5. The molecule has 142 valence electrons. The molecule has 6 nitrogen and oxygen atoms in total. The van der Waals surface area contributed by atoms with Crippen molar-refractivity contribution in [2.24, 2.45) is 17.8 Å². The van der Waals surface area contributed by atoms with E-state index < -0.39 is 0 Å². The van der Waals surface area contributed by atoms with E-state index in [0.717, 1.165) is 57.2 Å². The average Bonchev–Trinajstić information content (AvgIpc) is 3.47. The number of nitrogens with zero attached hydrogens (tertiary/aromatic N) is 3. The Morgan fingerprint density at radius 1 is 1.31 bits per heavy atom.